The van der Waals surface area contributed by atoms with Gasteiger partial charge in [0.15, 0.2) is 5.82 Å². The van der Waals surface area contributed by atoms with Gasteiger partial charge in [-0.05, 0) is 89.3 Å². The molecule has 0 spiro atoms. The van der Waals surface area contributed by atoms with Crippen molar-refractivity contribution in [2.45, 2.75) is 83.4 Å². The average molecular weight is 575 g/mol. The van der Waals surface area contributed by atoms with E-state index in [1.54, 1.807) is 19.5 Å². The average Bonchev–Trinajstić information content (AvgIpc) is 3.67. The lowest BCUT2D eigenvalue weighted by atomic mass is 9.84. The second kappa shape index (κ2) is 11.9. The molecule has 1 amide bonds. The normalized spacial score (nSPS) is 20.1. The second-order valence-electron chi connectivity index (χ2n) is 13.0. The smallest absolute Gasteiger partial charge is 0.410 e. The molecule has 224 valence electrons. The van der Waals surface area contributed by atoms with Crippen LogP contribution in [-0.2, 0) is 4.74 Å². The van der Waals surface area contributed by atoms with E-state index in [9.17, 15) is 4.79 Å². The molecular formula is C31H42N8O3. The minimum Gasteiger partial charge on any atom is -0.495 e. The number of nitrogens with zero attached hydrogens (tertiary/aromatic N) is 8. The Kier molecular flexibility index (Phi) is 8.00. The number of hydrogen-bond acceptors (Lipinski definition) is 9. The summed E-state index contributed by atoms with van der Waals surface area (Å²) in [6.45, 7) is 8.19. The Morgan fingerprint density at radius 3 is 2.57 bits per heavy atom. The maximum atomic E-state index is 13.3. The Balaban J connectivity index is 1.17. The Morgan fingerprint density at radius 2 is 1.90 bits per heavy atom. The van der Waals surface area contributed by atoms with Gasteiger partial charge < -0.3 is 19.3 Å². The first-order valence-electron chi connectivity index (χ1n) is 15.3. The highest BCUT2D eigenvalue weighted by molar-refractivity contribution is 5.69. The fraction of sp³-hybridized carbons (Fsp3) is 0.613. The van der Waals surface area contributed by atoms with Crippen LogP contribution in [0.2, 0.25) is 0 Å². The van der Waals surface area contributed by atoms with Crippen LogP contribution in [0.25, 0.3) is 11.3 Å². The molecule has 2 saturated carbocycles. The summed E-state index contributed by atoms with van der Waals surface area (Å²) in [7, 11) is 1.62. The van der Waals surface area contributed by atoms with Crippen LogP contribution in [0.4, 0.5) is 10.6 Å². The van der Waals surface area contributed by atoms with Gasteiger partial charge in [-0.1, -0.05) is 11.6 Å². The minimum atomic E-state index is -0.515. The highest BCUT2D eigenvalue weighted by atomic mass is 16.6. The molecule has 42 heavy (non-hydrogen) atoms. The Hall–Kier alpha value is -3.76. The third-order valence-electron chi connectivity index (χ3n) is 8.55. The first kappa shape index (κ1) is 28.4. The van der Waals surface area contributed by atoms with Crippen molar-refractivity contribution in [2.75, 3.05) is 31.6 Å². The Labute approximate surface area is 247 Å². The largest absolute Gasteiger partial charge is 0.495 e. The molecule has 11 nitrogen and oxygen atoms in total. The van der Waals surface area contributed by atoms with Crippen LogP contribution in [-0.4, -0.2) is 79.6 Å². The van der Waals surface area contributed by atoms with Gasteiger partial charge in [-0.2, -0.15) is 5.10 Å². The summed E-state index contributed by atoms with van der Waals surface area (Å²) in [4.78, 5) is 21.8. The van der Waals surface area contributed by atoms with Crippen molar-refractivity contribution in [3.8, 4) is 17.0 Å². The molecule has 3 aromatic rings. The number of amides is 1. The topological polar surface area (TPSA) is 111 Å². The zero-order chi connectivity index (χ0) is 29.3. The van der Waals surface area contributed by atoms with E-state index in [1.165, 1.54) is 19.3 Å². The van der Waals surface area contributed by atoms with Crippen molar-refractivity contribution in [3.63, 3.8) is 0 Å². The number of piperidine rings is 1. The van der Waals surface area contributed by atoms with Crippen LogP contribution in [0, 0.1) is 11.8 Å². The lowest BCUT2D eigenvalue weighted by Crippen LogP contribution is -2.53. The highest BCUT2D eigenvalue weighted by Crippen LogP contribution is 2.43. The third-order valence-corrected chi connectivity index (χ3v) is 8.55. The number of rotatable bonds is 9. The van der Waals surface area contributed by atoms with Gasteiger partial charge in [-0.3, -0.25) is 4.98 Å². The quantitative estimate of drug-likeness (QED) is 0.343. The zero-order valence-electron chi connectivity index (χ0n) is 25.1. The number of carbonyl (C=O) groups excluding carboxylic acids is 1. The van der Waals surface area contributed by atoms with Crippen LogP contribution >= 0.6 is 0 Å². The van der Waals surface area contributed by atoms with E-state index in [0.29, 0.717) is 17.6 Å². The number of carbonyl (C=O) groups is 1. The molecule has 0 N–H and O–H groups in total. The van der Waals surface area contributed by atoms with Crippen LogP contribution in [0.15, 0.2) is 36.8 Å². The van der Waals surface area contributed by atoms with Crippen LogP contribution in [0.1, 0.15) is 77.5 Å². The van der Waals surface area contributed by atoms with Gasteiger partial charge in [0.25, 0.3) is 0 Å². The maximum Gasteiger partial charge on any atom is 0.410 e. The van der Waals surface area contributed by atoms with E-state index in [0.717, 1.165) is 68.1 Å². The summed E-state index contributed by atoms with van der Waals surface area (Å²) >= 11 is 0. The van der Waals surface area contributed by atoms with Gasteiger partial charge in [0, 0.05) is 31.4 Å². The summed E-state index contributed by atoms with van der Waals surface area (Å²) < 4.78 is 13.1. The fourth-order valence-corrected chi connectivity index (χ4v) is 5.95. The first-order chi connectivity index (χ1) is 20.3. The molecule has 11 heteroatoms. The molecule has 2 atom stereocenters. The zero-order valence-corrected chi connectivity index (χ0v) is 25.1. The predicted molar refractivity (Wildman–Crippen MR) is 158 cm³/mol. The Bertz CT molecular complexity index is 1360. The monoisotopic (exact) mass is 574 g/mol. The molecule has 0 radical (unpaired) electrons. The molecule has 3 fully saturated rings. The Morgan fingerprint density at radius 1 is 1.07 bits per heavy atom. The van der Waals surface area contributed by atoms with E-state index in [4.69, 9.17) is 14.6 Å². The molecule has 1 unspecified atom stereocenters. The summed E-state index contributed by atoms with van der Waals surface area (Å²) in [6.07, 6.45) is 13.0. The van der Waals surface area contributed by atoms with E-state index in [1.807, 2.05) is 42.6 Å². The number of hydrogen-bond donors (Lipinski definition) is 0. The second-order valence-corrected chi connectivity index (χ2v) is 13.0. The maximum absolute atomic E-state index is 13.3. The fourth-order valence-electron chi connectivity index (χ4n) is 5.95. The van der Waals surface area contributed by atoms with Crippen molar-refractivity contribution in [2.24, 2.45) is 11.8 Å². The molecule has 1 saturated heterocycles. The van der Waals surface area contributed by atoms with Gasteiger partial charge >= 0.3 is 6.09 Å². The number of anilines is 1. The summed E-state index contributed by atoms with van der Waals surface area (Å²) in [5.41, 5.74) is 1.97. The van der Waals surface area contributed by atoms with Crippen molar-refractivity contribution in [1.29, 1.82) is 0 Å². The number of pyridine rings is 1. The molecule has 3 aromatic heterocycles. The number of ether oxygens (including phenoxy) is 2. The van der Waals surface area contributed by atoms with Crippen molar-refractivity contribution < 1.29 is 14.3 Å². The van der Waals surface area contributed by atoms with Crippen molar-refractivity contribution in [1.82, 2.24) is 35.1 Å². The van der Waals surface area contributed by atoms with E-state index >= 15 is 0 Å². The van der Waals surface area contributed by atoms with Crippen LogP contribution < -0.4 is 9.64 Å². The van der Waals surface area contributed by atoms with Gasteiger partial charge in [0.2, 0.25) is 0 Å². The predicted octanol–water partition coefficient (Wildman–Crippen LogP) is 5.14. The number of aromatic nitrogens is 6. The molecular weight excluding hydrogens is 532 g/mol. The highest BCUT2D eigenvalue weighted by Gasteiger charge is 2.37. The molecule has 0 aromatic carbocycles. The summed E-state index contributed by atoms with van der Waals surface area (Å²) in [5.74, 6) is 2.55. The van der Waals surface area contributed by atoms with E-state index in [-0.39, 0.29) is 18.2 Å². The van der Waals surface area contributed by atoms with Gasteiger partial charge in [-0.25, -0.2) is 9.48 Å². The standard InChI is InChI=1S/C31H42N8O3/c1-31(2,3)42-30(40)38(18-21-7-5-8-21)24-9-6-14-37(19-24)28-13-12-26(33-35-28)29(22-10-11-22)39-20-27(34-36-39)23-15-25(41-4)17-32-16-23/h12-13,15-17,20-22,24,29H,5-11,14,18-19H2,1-4H3/t24-,29?/m1/s1. The number of methoxy groups -OCH3 is 1. The molecule has 1 aliphatic heterocycles. The van der Waals surface area contributed by atoms with Crippen molar-refractivity contribution >= 4 is 11.9 Å². The SMILES string of the molecule is COc1cncc(-c2cn(C(c3ccc(N4CCC[C@@H](N(CC5CCC5)C(=O)OC(C)(C)C)C4)nn3)C3CC3)nn2)c1. The first-order valence-corrected chi connectivity index (χ1v) is 15.3. The molecule has 2 aliphatic carbocycles. The summed E-state index contributed by atoms with van der Waals surface area (Å²) in [5, 5.41) is 18.3. The van der Waals surface area contributed by atoms with E-state index < -0.39 is 5.60 Å². The van der Waals surface area contributed by atoms with Gasteiger partial charge in [-0.15, -0.1) is 10.2 Å². The lowest BCUT2D eigenvalue weighted by molar-refractivity contribution is 0.00733. The van der Waals surface area contributed by atoms with Crippen LogP contribution in [0.5, 0.6) is 5.75 Å². The minimum absolute atomic E-state index is 0.0226. The van der Waals surface area contributed by atoms with E-state index in [2.05, 4.69) is 37.4 Å². The van der Waals surface area contributed by atoms with Crippen LogP contribution in [0.3, 0.4) is 0 Å². The van der Waals surface area contributed by atoms with Gasteiger partial charge in [0.05, 0.1) is 31.2 Å². The lowest BCUT2D eigenvalue weighted by Gasteiger charge is -2.42. The molecule has 0 bridgehead atoms. The van der Waals surface area contributed by atoms with Gasteiger partial charge in [0.1, 0.15) is 23.1 Å². The summed E-state index contributed by atoms with van der Waals surface area (Å²) in [6, 6.07) is 6.11. The molecule has 3 aliphatic rings. The molecule has 6 rings (SSSR count). The van der Waals surface area contributed by atoms with Crippen molar-refractivity contribution in [3.05, 3.63) is 42.5 Å². The third kappa shape index (κ3) is 6.50. The molecule has 4 heterocycles.